The van der Waals surface area contributed by atoms with Crippen LogP contribution in [0.15, 0.2) is 30.3 Å². The number of nitrogens with one attached hydrogen (secondary N) is 1. The first kappa shape index (κ1) is 24.9. The number of morpholine rings is 1. The van der Waals surface area contributed by atoms with Gasteiger partial charge in [0.2, 0.25) is 5.91 Å². The van der Waals surface area contributed by atoms with Gasteiger partial charge in [-0.05, 0) is 36.5 Å². The summed E-state index contributed by atoms with van der Waals surface area (Å²) >= 11 is 1.81. The SMILES string of the molecule is C[C@H](C(=O)NCCN1CCOCC1)C1CC[C@@]2(C)Cc3sc(-c4ccccc4)nc3[C@@H](C)[C@@H]2[C@H]1O. The quantitative estimate of drug-likeness (QED) is 0.632. The summed E-state index contributed by atoms with van der Waals surface area (Å²) in [6, 6.07) is 10.4. The highest BCUT2D eigenvalue weighted by Gasteiger charge is 2.53. The van der Waals surface area contributed by atoms with Gasteiger partial charge in [0.15, 0.2) is 0 Å². The maximum Gasteiger partial charge on any atom is 0.223 e. The van der Waals surface area contributed by atoms with E-state index in [1.807, 2.05) is 24.3 Å². The van der Waals surface area contributed by atoms with E-state index >= 15 is 0 Å². The minimum absolute atomic E-state index is 0.0207. The second-order valence-corrected chi connectivity index (χ2v) is 12.1. The van der Waals surface area contributed by atoms with Crippen molar-refractivity contribution < 1.29 is 14.6 Å². The first-order chi connectivity index (χ1) is 16.9. The lowest BCUT2D eigenvalue weighted by molar-refractivity contribution is -0.134. The van der Waals surface area contributed by atoms with Crippen LogP contribution in [0.25, 0.3) is 10.6 Å². The van der Waals surface area contributed by atoms with Crippen molar-refractivity contribution in [2.24, 2.45) is 23.2 Å². The summed E-state index contributed by atoms with van der Waals surface area (Å²) < 4.78 is 5.40. The van der Waals surface area contributed by atoms with E-state index in [4.69, 9.17) is 9.72 Å². The first-order valence-electron chi connectivity index (χ1n) is 13.2. The van der Waals surface area contributed by atoms with Crippen LogP contribution in [0, 0.1) is 23.2 Å². The number of aromatic nitrogens is 1. The van der Waals surface area contributed by atoms with E-state index in [1.165, 1.54) is 4.88 Å². The molecule has 6 atom stereocenters. The molecule has 2 heterocycles. The van der Waals surface area contributed by atoms with Crippen molar-refractivity contribution in [1.82, 2.24) is 15.2 Å². The zero-order valence-electron chi connectivity index (χ0n) is 21.2. The number of benzene rings is 1. The smallest absolute Gasteiger partial charge is 0.223 e. The number of hydrogen-bond acceptors (Lipinski definition) is 6. The highest BCUT2D eigenvalue weighted by molar-refractivity contribution is 7.15. The molecule has 1 saturated heterocycles. The van der Waals surface area contributed by atoms with E-state index in [2.05, 4.69) is 48.3 Å². The molecule has 1 aliphatic heterocycles. The van der Waals surface area contributed by atoms with Gasteiger partial charge in [-0.2, -0.15) is 0 Å². The fraction of sp³-hybridized carbons (Fsp3) is 0.643. The van der Waals surface area contributed by atoms with Crippen LogP contribution in [-0.4, -0.2) is 66.4 Å². The predicted molar refractivity (Wildman–Crippen MR) is 139 cm³/mol. The highest BCUT2D eigenvalue weighted by atomic mass is 32.1. The molecule has 5 rings (SSSR count). The van der Waals surface area contributed by atoms with Gasteiger partial charge in [0.1, 0.15) is 5.01 Å². The largest absolute Gasteiger partial charge is 0.392 e. The third kappa shape index (κ3) is 4.93. The average Bonchev–Trinajstić information content (AvgIpc) is 3.29. The van der Waals surface area contributed by atoms with Crippen molar-refractivity contribution in [1.29, 1.82) is 0 Å². The standard InChI is InChI=1S/C28H39N3O3S/c1-18(26(33)29-11-12-31-13-15-34-16-14-31)21-9-10-28(3)17-22-24(19(2)23(28)25(21)32)30-27(35-22)20-7-5-4-6-8-20/h4-8,18-19,21,23,25,32H,9-17H2,1-3H3,(H,29,33)/t18-,19-,21?,23+,25-,28-/m0/s1. The number of hydrogen-bond donors (Lipinski definition) is 2. The zero-order chi connectivity index (χ0) is 24.6. The Kier molecular flexibility index (Phi) is 7.31. The molecule has 0 spiro atoms. The van der Waals surface area contributed by atoms with Crippen LogP contribution in [0.4, 0.5) is 0 Å². The zero-order valence-corrected chi connectivity index (χ0v) is 22.0. The second kappa shape index (κ2) is 10.3. The van der Waals surface area contributed by atoms with Crippen LogP contribution in [0.5, 0.6) is 0 Å². The molecule has 0 bridgehead atoms. The van der Waals surface area contributed by atoms with E-state index in [1.54, 1.807) is 0 Å². The lowest BCUT2D eigenvalue weighted by Gasteiger charge is -2.53. The van der Waals surface area contributed by atoms with Crippen molar-refractivity contribution in [2.45, 2.75) is 52.1 Å². The second-order valence-electron chi connectivity index (χ2n) is 11.1. The van der Waals surface area contributed by atoms with Crippen LogP contribution >= 0.6 is 11.3 Å². The molecule has 0 radical (unpaired) electrons. The fourth-order valence-electron chi connectivity index (χ4n) is 6.77. The summed E-state index contributed by atoms with van der Waals surface area (Å²) in [6.07, 6.45) is 2.39. The fourth-order valence-corrected chi connectivity index (χ4v) is 8.14. The summed E-state index contributed by atoms with van der Waals surface area (Å²) in [6.45, 7) is 11.5. The predicted octanol–water partition coefficient (Wildman–Crippen LogP) is 3.95. The summed E-state index contributed by atoms with van der Waals surface area (Å²) in [5.41, 5.74) is 2.35. The Labute approximate surface area is 213 Å². The van der Waals surface area contributed by atoms with Crippen LogP contribution in [0.3, 0.4) is 0 Å². The molecule has 2 fully saturated rings. The molecule has 1 amide bonds. The van der Waals surface area contributed by atoms with Crippen molar-refractivity contribution in [3.8, 4) is 10.6 Å². The summed E-state index contributed by atoms with van der Waals surface area (Å²) in [4.78, 5) is 21.8. The molecule has 1 aromatic heterocycles. The number of carbonyl (C=O) groups is 1. The van der Waals surface area contributed by atoms with Gasteiger partial charge in [0.25, 0.3) is 0 Å². The number of aliphatic hydroxyl groups is 1. The molecule has 1 saturated carbocycles. The van der Waals surface area contributed by atoms with E-state index in [-0.39, 0.29) is 35.0 Å². The topological polar surface area (TPSA) is 74.7 Å². The number of ether oxygens (including phenoxy) is 1. The maximum absolute atomic E-state index is 13.0. The third-order valence-electron chi connectivity index (χ3n) is 8.83. The highest BCUT2D eigenvalue weighted by Crippen LogP contribution is 2.57. The minimum atomic E-state index is -0.501. The number of thiazole rings is 1. The van der Waals surface area contributed by atoms with E-state index in [0.29, 0.717) is 6.54 Å². The van der Waals surface area contributed by atoms with Crippen molar-refractivity contribution >= 4 is 17.2 Å². The van der Waals surface area contributed by atoms with Crippen molar-refractivity contribution in [3.05, 3.63) is 40.9 Å². The van der Waals surface area contributed by atoms with Gasteiger partial charge >= 0.3 is 0 Å². The normalized spacial score (nSPS) is 31.9. The Morgan fingerprint density at radius 3 is 2.80 bits per heavy atom. The molecule has 2 aromatic rings. The lowest BCUT2D eigenvalue weighted by Crippen LogP contribution is -2.53. The Morgan fingerprint density at radius 1 is 1.31 bits per heavy atom. The van der Waals surface area contributed by atoms with Gasteiger partial charge in [0, 0.05) is 48.5 Å². The van der Waals surface area contributed by atoms with Crippen LogP contribution in [0.2, 0.25) is 0 Å². The van der Waals surface area contributed by atoms with Crippen LogP contribution < -0.4 is 5.32 Å². The van der Waals surface area contributed by atoms with Gasteiger partial charge in [-0.3, -0.25) is 9.69 Å². The summed E-state index contributed by atoms with van der Waals surface area (Å²) in [7, 11) is 0. The van der Waals surface area contributed by atoms with E-state index in [9.17, 15) is 9.90 Å². The molecule has 2 aliphatic carbocycles. The minimum Gasteiger partial charge on any atom is -0.392 e. The van der Waals surface area contributed by atoms with Gasteiger partial charge in [-0.15, -0.1) is 11.3 Å². The van der Waals surface area contributed by atoms with Crippen molar-refractivity contribution in [2.75, 3.05) is 39.4 Å². The van der Waals surface area contributed by atoms with E-state index < -0.39 is 6.10 Å². The first-order valence-corrected chi connectivity index (χ1v) is 14.0. The molecule has 1 aromatic carbocycles. The Morgan fingerprint density at radius 2 is 2.06 bits per heavy atom. The number of amides is 1. The van der Waals surface area contributed by atoms with Gasteiger partial charge < -0.3 is 15.2 Å². The van der Waals surface area contributed by atoms with Crippen LogP contribution in [0.1, 0.15) is 50.1 Å². The molecule has 35 heavy (non-hydrogen) atoms. The Balaban J connectivity index is 1.27. The van der Waals surface area contributed by atoms with Gasteiger partial charge in [0.05, 0.1) is 25.0 Å². The van der Waals surface area contributed by atoms with Gasteiger partial charge in [-0.25, -0.2) is 4.98 Å². The lowest BCUT2D eigenvalue weighted by atomic mass is 9.53. The molecule has 3 aliphatic rings. The summed E-state index contributed by atoms with van der Waals surface area (Å²) in [5, 5.41) is 15.9. The van der Waals surface area contributed by atoms with E-state index in [0.717, 1.165) is 68.4 Å². The molecule has 2 N–H and O–H groups in total. The summed E-state index contributed by atoms with van der Waals surface area (Å²) in [5.74, 6) is 0.126. The number of carbonyl (C=O) groups excluding carboxylic acids is 1. The molecule has 1 unspecified atom stereocenters. The molecular formula is C28H39N3O3S. The monoisotopic (exact) mass is 497 g/mol. The maximum atomic E-state index is 13.0. The molecule has 7 heteroatoms. The molecular weight excluding hydrogens is 458 g/mol. The Bertz CT molecular complexity index is 1020. The molecule has 6 nitrogen and oxygen atoms in total. The van der Waals surface area contributed by atoms with Crippen LogP contribution in [-0.2, 0) is 16.0 Å². The number of fused-ring (bicyclic) bond motifs is 2. The average molecular weight is 498 g/mol. The van der Waals surface area contributed by atoms with Crippen molar-refractivity contribution in [3.63, 3.8) is 0 Å². The number of aliphatic hydroxyl groups excluding tert-OH is 1. The van der Waals surface area contributed by atoms with Gasteiger partial charge in [-0.1, -0.05) is 51.1 Å². The number of rotatable bonds is 6. The third-order valence-corrected chi connectivity index (χ3v) is 9.95. The number of nitrogens with zero attached hydrogens (tertiary/aromatic N) is 2. The molecule has 190 valence electrons. The Hall–Kier alpha value is -1.80.